The van der Waals surface area contributed by atoms with Crippen molar-refractivity contribution in [2.45, 2.75) is 19.8 Å². The number of unbranched alkanes of at least 4 members (excludes halogenated alkanes) is 1. The van der Waals surface area contributed by atoms with Crippen molar-refractivity contribution in [2.75, 3.05) is 11.9 Å². The molecule has 0 aliphatic heterocycles. The molecular weight excluding hydrogens is 310 g/mol. The Bertz CT molecular complexity index is 816. The van der Waals surface area contributed by atoms with Crippen LogP contribution in [0.1, 0.15) is 30.1 Å². The Balaban J connectivity index is 1.70. The van der Waals surface area contributed by atoms with E-state index in [1.54, 1.807) is 12.1 Å². The predicted octanol–water partition coefficient (Wildman–Crippen LogP) is 4.12. The number of amides is 1. The lowest BCUT2D eigenvalue weighted by atomic mass is 10.2. The molecule has 0 aliphatic rings. The highest BCUT2D eigenvalue weighted by molar-refractivity contribution is 7.00. The van der Waals surface area contributed by atoms with Crippen LogP contribution in [0.4, 0.5) is 5.69 Å². The van der Waals surface area contributed by atoms with Gasteiger partial charge in [-0.05, 0) is 42.8 Å². The third kappa shape index (κ3) is 3.84. The molecule has 1 N–H and O–H groups in total. The molecule has 0 saturated carbocycles. The Morgan fingerprint density at radius 1 is 1.17 bits per heavy atom. The summed E-state index contributed by atoms with van der Waals surface area (Å²) >= 11 is 1.16. The second-order valence-electron chi connectivity index (χ2n) is 5.15. The number of fused-ring (bicyclic) bond motifs is 1. The summed E-state index contributed by atoms with van der Waals surface area (Å²) in [6, 6.07) is 12.7. The Morgan fingerprint density at radius 2 is 2.04 bits per heavy atom. The van der Waals surface area contributed by atoms with Crippen LogP contribution in [0.2, 0.25) is 0 Å². The average Bonchev–Trinajstić information content (AvgIpc) is 3.03. The first-order chi connectivity index (χ1) is 11.3. The first kappa shape index (κ1) is 15.4. The van der Waals surface area contributed by atoms with E-state index in [0.29, 0.717) is 23.6 Å². The number of carbonyl (C=O) groups excluding carboxylic acids is 1. The number of carbonyl (C=O) groups is 1. The van der Waals surface area contributed by atoms with E-state index in [9.17, 15) is 4.79 Å². The minimum absolute atomic E-state index is 0.173. The quantitative estimate of drug-likeness (QED) is 0.692. The second kappa shape index (κ2) is 7.19. The molecule has 0 spiro atoms. The number of benzene rings is 2. The van der Waals surface area contributed by atoms with E-state index in [0.717, 1.165) is 35.6 Å². The molecule has 0 unspecified atom stereocenters. The molecule has 1 heterocycles. The molecule has 3 aromatic rings. The molecule has 0 radical (unpaired) electrons. The van der Waals surface area contributed by atoms with Gasteiger partial charge >= 0.3 is 0 Å². The van der Waals surface area contributed by atoms with Crippen molar-refractivity contribution in [1.82, 2.24) is 8.75 Å². The first-order valence-electron chi connectivity index (χ1n) is 7.53. The molecule has 23 heavy (non-hydrogen) atoms. The van der Waals surface area contributed by atoms with Crippen LogP contribution in [0.15, 0.2) is 42.5 Å². The van der Waals surface area contributed by atoms with Gasteiger partial charge in [0.1, 0.15) is 16.8 Å². The molecule has 5 nitrogen and oxygen atoms in total. The highest BCUT2D eigenvalue weighted by Gasteiger charge is 2.08. The lowest BCUT2D eigenvalue weighted by molar-refractivity contribution is 0.102. The maximum absolute atomic E-state index is 12.4. The number of nitrogens with zero attached hydrogens (tertiary/aromatic N) is 2. The fourth-order valence-corrected chi connectivity index (χ4v) is 2.64. The van der Waals surface area contributed by atoms with Crippen molar-refractivity contribution < 1.29 is 9.53 Å². The van der Waals surface area contributed by atoms with E-state index in [2.05, 4.69) is 21.0 Å². The minimum atomic E-state index is -0.173. The van der Waals surface area contributed by atoms with Crippen molar-refractivity contribution in [1.29, 1.82) is 0 Å². The maximum Gasteiger partial charge on any atom is 0.255 e. The smallest absolute Gasteiger partial charge is 0.255 e. The summed E-state index contributed by atoms with van der Waals surface area (Å²) in [4.78, 5) is 12.4. The average molecular weight is 327 g/mol. The predicted molar refractivity (Wildman–Crippen MR) is 92.2 cm³/mol. The SMILES string of the molecule is CCCCOc1cccc(C(=O)Nc2ccc3nsnc3c2)c1. The van der Waals surface area contributed by atoms with Crippen molar-refractivity contribution in [3.63, 3.8) is 0 Å². The van der Waals surface area contributed by atoms with E-state index >= 15 is 0 Å². The molecular formula is C17H17N3O2S. The number of hydrogen-bond donors (Lipinski definition) is 1. The molecule has 0 bridgehead atoms. The number of hydrogen-bond acceptors (Lipinski definition) is 5. The topological polar surface area (TPSA) is 64.1 Å². The Labute approximate surface area is 138 Å². The summed E-state index contributed by atoms with van der Waals surface area (Å²) < 4.78 is 14.0. The highest BCUT2D eigenvalue weighted by atomic mass is 32.1. The van der Waals surface area contributed by atoms with Gasteiger partial charge in [0.05, 0.1) is 18.3 Å². The number of rotatable bonds is 6. The van der Waals surface area contributed by atoms with Gasteiger partial charge < -0.3 is 10.1 Å². The molecule has 0 saturated heterocycles. The summed E-state index contributed by atoms with van der Waals surface area (Å²) in [6.45, 7) is 2.77. The monoisotopic (exact) mass is 327 g/mol. The normalized spacial score (nSPS) is 10.7. The summed E-state index contributed by atoms with van der Waals surface area (Å²) in [5, 5.41) is 2.88. The van der Waals surface area contributed by atoms with Crippen molar-refractivity contribution in [3.05, 3.63) is 48.0 Å². The zero-order valence-corrected chi connectivity index (χ0v) is 13.6. The Morgan fingerprint density at radius 3 is 2.91 bits per heavy atom. The molecule has 1 aromatic heterocycles. The van der Waals surface area contributed by atoms with Crippen LogP contribution < -0.4 is 10.1 Å². The molecule has 1 amide bonds. The molecule has 0 aliphatic carbocycles. The molecule has 6 heteroatoms. The largest absolute Gasteiger partial charge is 0.494 e. The lowest BCUT2D eigenvalue weighted by Gasteiger charge is -2.08. The number of anilines is 1. The van der Waals surface area contributed by atoms with E-state index in [1.165, 1.54) is 0 Å². The summed E-state index contributed by atoms with van der Waals surface area (Å²) in [6.07, 6.45) is 2.08. The summed E-state index contributed by atoms with van der Waals surface area (Å²) in [5.74, 6) is 0.540. The van der Waals surface area contributed by atoms with Crippen LogP contribution in [-0.2, 0) is 0 Å². The van der Waals surface area contributed by atoms with Gasteiger partial charge in [0.2, 0.25) is 0 Å². The van der Waals surface area contributed by atoms with Gasteiger partial charge in [0.15, 0.2) is 0 Å². The van der Waals surface area contributed by atoms with Gasteiger partial charge in [0, 0.05) is 11.3 Å². The molecule has 2 aromatic carbocycles. The Hall–Kier alpha value is -2.47. The minimum Gasteiger partial charge on any atom is -0.494 e. The number of nitrogens with one attached hydrogen (secondary N) is 1. The van der Waals surface area contributed by atoms with E-state index in [1.807, 2.05) is 30.3 Å². The van der Waals surface area contributed by atoms with Crippen molar-refractivity contribution >= 4 is 34.4 Å². The van der Waals surface area contributed by atoms with Crippen LogP contribution in [0.25, 0.3) is 11.0 Å². The molecule has 0 fully saturated rings. The van der Waals surface area contributed by atoms with Gasteiger partial charge in [-0.3, -0.25) is 4.79 Å². The zero-order valence-electron chi connectivity index (χ0n) is 12.8. The first-order valence-corrected chi connectivity index (χ1v) is 8.26. The lowest BCUT2D eigenvalue weighted by Crippen LogP contribution is -2.12. The highest BCUT2D eigenvalue weighted by Crippen LogP contribution is 2.19. The van der Waals surface area contributed by atoms with Crippen LogP contribution >= 0.6 is 11.7 Å². The second-order valence-corrected chi connectivity index (χ2v) is 5.68. The summed E-state index contributed by atoms with van der Waals surface area (Å²) in [7, 11) is 0. The van der Waals surface area contributed by atoms with Gasteiger partial charge in [-0.1, -0.05) is 19.4 Å². The van der Waals surface area contributed by atoms with Gasteiger partial charge in [-0.25, -0.2) is 0 Å². The maximum atomic E-state index is 12.4. The van der Waals surface area contributed by atoms with Gasteiger partial charge in [0.25, 0.3) is 5.91 Å². The van der Waals surface area contributed by atoms with Crippen LogP contribution in [-0.4, -0.2) is 21.3 Å². The molecule has 0 atom stereocenters. The van der Waals surface area contributed by atoms with Crippen molar-refractivity contribution in [3.8, 4) is 5.75 Å². The van der Waals surface area contributed by atoms with E-state index in [4.69, 9.17) is 4.74 Å². The fourth-order valence-electron chi connectivity index (χ4n) is 2.12. The molecule has 3 rings (SSSR count). The van der Waals surface area contributed by atoms with E-state index < -0.39 is 0 Å². The third-order valence-electron chi connectivity index (χ3n) is 3.37. The van der Waals surface area contributed by atoms with Crippen LogP contribution in [0.3, 0.4) is 0 Å². The summed E-state index contributed by atoms with van der Waals surface area (Å²) in [5.41, 5.74) is 2.88. The number of aromatic nitrogens is 2. The van der Waals surface area contributed by atoms with Crippen LogP contribution in [0, 0.1) is 0 Å². The standard InChI is InChI=1S/C17H17N3O2S/c1-2-3-9-22-14-6-4-5-12(10-14)17(21)18-13-7-8-15-16(11-13)20-23-19-15/h4-8,10-11H,2-3,9H2,1H3,(H,18,21). The third-order valence-corrected chi connectivity index (χ3v) is 3.93. The Kier molecular flexibility index (Phi) is 4.83. The van der Waals surface area contributed by atoms with E-state index in [-0.39, 0.29) is 5.91 Å². The molecule has 118 valence electrons. The van der Waals surface area contributed by atoms with Gasteiger partial charge in [-0.2, -0.15) is 8.75 Å². The van der Waals surface area contributed by atoms with Gasteiger partial charge in [-0.15, -0.1) is 0 Å². The van der Waals surface area contributed by atoms with Crippen LogP contribution in [0.5, 0.6) is 5.75 Å². The fraction of sp³-hybridized carbons (Fsp3) is 0.235. The zero-order chi connectivity index (χ0) is 16.1. The number of ether oxygens (including phenoxy) is 1. The van der Waals surface area contributed by atoms with Crippen molar-refractivity contribution in [2.24, 2.45) is 0 Å².